The number of benzene rings is 4. The van der Waals surface area contributed by atoms with E-state index in [1.807, 2.05) is 42.5 Å². The minimum Gasteiger partial charge on any atom is -0.454 e. The van der Waals surface area contributed by atoms with E-state index in [0.717, 1.165) is 51.4 Å². The van der Waals surface area contributed by atoms with Crippen molar-refractivity contribution >= 4 is 17.1 Å². The molecule has 1 N–H and O–H groups in total. The van der Waals surface area contributed by atoms with Crippen LogP contribution in [0, 0.1) is 12.8 Å². The minimum absolute atomic E-state index is 0.113. The number of hydrogen-bond donors (Lipinski definition) is 1. The summed E-state index contributed by atoms with van der Waals surface area (Å²) in [6.07, 6.45) is 1.09. The molecule has 0 unspecified atom stereocenters. The third-order valence-corrected chi connectivity index (χ3v) is 7.90. The number of allylic oxidation sites excluding steroid dienone is 2. The summed E-state index contributed by atoms with van der Waals surface area (Å²) >= 11 is 0. The number of nitrogens with one attached hydrogen (secondary N) is 1. The molecule has 0 aromatic heterocycles. The van der Waals surface area contributed by atoms with E-state index < -0.39 is 0 Å². The molecular weight excluding hydrogens is 542 g/mol. The van der Waals surface area contributed by atoms with Crippen LogP contribution < -0.4 is 14.8 Å². The zero-order chi connectivity index (χ0) is 31.8. The van der Waals surface area contributed by atoms with Crippen LogP contribution in [0.15, 0.2) is 97.1 Å². The highest BCUT2D eigenvalue weighted by Gasteiger charge is 2.13. The number of carbonyl (C=O) groups is 1. The second-order valence-corrected chi connectivity index (χ2v) is 12.1. The Bertz CT molecular complexity index is 1660. The van der Waals surface area contributed by atoms with Gasteiger partial charge >= 0.3 is 0 Å². The first-order chi connectivity index (χ1) is 21.0. The molecular formula is C40H45NO3. The van der Waals surface area contributed by atoms with Crippen LogP contribution in [0.3, 0.4) is 0 Å². The highest BCUT2D eigenvalue weighted by atomic mass is 16.7. The van der Waals surface area contributed by atoms with Gasteiger partial charge in [0.15, 0.2) is 17.3 Å². The molecule has 0 saturated heterocycles. The van der Waals surface area contributed by atoms with E-state index in [1.165, 1.54) is 27.8 Å². The first-order valence-corrected chi connectivity index (χ1v) is 15.3. The normalized spacial score (nSPS) is 11.5. The Morgan fingerprint density at radius 3 is 2.18 bits per heavy atom. The number of carbonyl (C=O) groups excluding carboxylic acids is 1. The smallest absolute Gasteiger partial charge is 0.231 e. The molecule has 1 heterocycles. The predicted molar refractivity (Wildman–Crippen MR) is 184 cm³/mol. The van der Waals surface area contributed by atoms with Gasteiger partial charge in [-0.25, -0.2) is 0 Å². The van der Waals surface area contributed by atoms with E-state index in [4.69, 9.17) is 9.47 Å². The third-order valence-electron chi connectivity index (χ3n) is 7.90. The second kappa shape index (κ2) is 14.7. The Hall–Kier alpha value is -4.57. The van der Waals surface area contributed by atoms with Crippen molar-refractivity contribution in [3.05, 3.63) is 130 Å². The van der Waals surface area contributed by atoms with E-state index in [0.29, 0.717) is 19.3 Å². The lowest BCUT2D eigenvalue weighted by Crippen LogP contribution is -2.11. The third kappa shape index (κ3) is 8.29. The number of rotatable bonds is 9. The number of Topliss-reactive ketones (excluding diaryl/α,β-unsaturated/α-hetero) is 1. The Morgan fingerprint density at radius 1 is 0.818 bits per heavy atom. The quantitative estimate of drug-likeness (QED) is 0.198. The van der Waals surface area contributed by atoms with Gasteiger partial charge in [-0.3, -0.25) is 4.79 Å². The summed E-state index contributed by atoms with van der Waals surface area (Å²) in [5.41, 5.74) is 12.7. The average molecular weight is 588 g/mol. The molecule has 0 amide bonds. The number of ether oxygens (including phenoxy) is 2. The second-order valence-electron chi connectivity index (χ2n) is 12.1. The molecule has 4 aromatic rings. The molecule has 4 aromatic carbocycles. The van der Waals surface area contributed by atoms with Crippen LogP contribution in [0.1, 0.15) is 79.7 Å². The number of hydrogen-bond acceptors (Lipinski definition) is 4. The SMILES string of the molecule is C=C(NCc1ccc2c(c1)OCO2)c1ccc(C)c(C(C)=C(C)C)c1.CC(=O)c1ccccc1-c1ccc(CC(C)C)cc1. The standard InChI is InChI=1S/C22H25NO2.C18H20O/c1-14(2)16(4)20-11-19(8-6-15(20)3)17(5)23-12-18-7-9-21-22(10-18)25-13-24-21;1-13(2)12-15-8-10-16(11-9-15)18-7-5-4-6-17(18)14(3)19/h6-11,23H,5,12-13H2,1-4H3;4-11,13H,12H2,1-3H3. The van der Waals surface area contributed by atoms with Crippen LogP contribution >= 0.6 is 0 Å². The molecule has 5 rings (SSSR count). The van der Waals surface area contributed by atoms with Gasteiger partial charge in [-0.05, 0) is 110 Å². The van der Waals surface area contributed by atoms with Crippen molar-refractivity contribution in [2.75, 3.05) is 6.79 Å². The summed E-state index contributed by atoms with van der Waals surface area (Å²) in [5, 5.41) is 3.41. The highest BCUT2D eigenvalue weighted by molar-refractivity contribution is 6.00. The maximum absolute atomic E-state index is 11.7. The Morgan fingerprint density at radius 2 is 1.50 bits per heavy atom. The van der Waals surface area contributed by atoms with Gasteiger partial charge in [-0.1, -0.05) is 92.7 Å². The van der Waals surface area contributed by atoms with Crippen molar-refractivity contribution in [2.45, 2.75) is 61.4 Å². The summed E-state index contributed by atoms with van der Waals surface area (Å²) in [6.45, 7) is 19.9. The number of fused-ring (bicyclic) bond motifs is 1. The number of ketones is 1. The molecule has 0 atom stereocenters. The van der Waals surface area contributed by atoms with Gasteiger partial charge in [0, 0.05) is 17.8 Å². The molecule has 1 aliphatic heterocycles. The van der Waals surface area contributed by atoms with E-state index >= 15 is 0 Å². The minimum atomic E-state index is 0.113. The summed E-state index contributed by atoms with van der Waals surface area (Å²) in [5.74, 6) is 2.39. The van der Waals surface area contributed by atoms with Crippen LogP contribution in [0.2, 0.25) is 0 Å². The molecule has 0 aliphatic carbocycles. The molecule has 0 bridgehead atoms. The van der Waals surface area contributed by atoms with Gasteiger partial charge in [-0.15, -0.1) is 0 Å². The molecule has 1 aliphatic rings. The molecule has 4 nitrogen and oxygen atoms in total. The van der Waals surface area contributed by atoms with Crippen LogP contribution in [-0.2, 0) is 13.0 Å². The van der Waals surface area contributed by atoms with Crippen molar-refractivity contribution in [1.29, 1.82) is 0 Å². The summed E-state index contributed by atoms with van der Waals surface area (Å²) < 4.78 is 10.8. The van der Waals surface area contributed by atoms with E-state index in [1.54, 1.807) is 6.92 Å². The Labute approximate surface area is 263 Å². The topological polar surface area (TPSA) is 47.6 Å². The van der Waals surface area contributed by atoms with Gasteiger partial charge < -0.3 is 14.8 Å². The highest BCUT2D eigenvalue weighted by Crippen LogP contribution is 2.33. The molecule has 4 heteroatoms. The fourth-order valence-corrected chi connectivity index (χ4v) is 5.18. The van der Waals surface area contributed by atoms with E-state index in [9.17, 15) is 4.79 Å². The van der Waals surface area contributed by atoms with Crippen molar-refractivity contribution in [2.24, 2.45) is 5.92 Å². The van der Waals surface area contributed by atoms with Gasteiger partial charge in [0.05, 0.1) is 0 Å². The molecule has 0 saturated carbocycles. The maximum atomic E-state index is 11.7. The van der Waals surface area contributed by atoms with Crippen LogP contribution in [0.4, 0.5) is 0 Å². The van der Waals surface area contributed by atoms with Crippen molar-refractivity contribution < 1.29 is 14.3 Å². The average Bonchev–Trinajstić information content (AvgIpc) is 3.48. The number of aryl methyl sites for hydroxylation is 1. The van der Waals surface area contributed by atoms with Crippen molar-refractivity contribution in [1.82, 2.24) is 5.32 Å². The van der Waals surface area contributed by atoms with Gasteiger partial charge in [0.2, 0.25) is 6.79 Å². The molecule has 44 heavy (non-hydrogen) atoms. The summed E-state index contributed by atoms with van der Waals surface area (Å²) in [7, 11) is 0. The van der Waals surface area contributed by atoms with Crippen molar-refractivity contribution in [3.63, 3.8) is 0 Å². The predicted octanol–water partition coefficient (Wildman–Crippen LogP) is 10.1. The van der Waals surface area contributed by atoms with Crippen LogP contribution in [0.5, 0.6) is 11.5 Å². The molecule has 0 fully saturated rings. The fraction of sp³-hybridized carbons (Fsp3) is 0.275. The lowest BCUT2D eigenvalue weighted by atomic mass is 9.95. The van der Waals surface area contributed by atoms with Gasteiger partial charge in [0.25, 0.3) is 0 Å². The van der Waals surface area contributed by atoms with E-state index in [2.05, 4.69) is 95.9 Å². The summed E-state index contributed by atoms with van der Waals surface area (Å²) in [6, 6.07) is 28.8. The molecule has 0 spiro atoms. The first kappa shape index (κ1) is 32.3. The lowest BCUT2D eigenvalue weighted by molar-refractivity contribution is 0.101. The zero-order valence-electron chi connectivity index (χ0n) is 27.2. The lowest BCUT2D eigenvalue weighted by Gasteiger charge is -2.14. The fourth-order valence-electron chi connectivity index (χ4n) is 5.18. The maximum Gasteiger partial charge on any atom is 0.231 e. The summed E-state index contributed by atoms with van der Waals surface area (Å²) in [4.78, 5) is 11.7. The Balaban J connectivity index is 0.000000209. The monoisotopic (exact) mass is 587 g/mol. The van der Waals surface area contributed by atoms with Gasteiger partial charge in [0.1, 0.15) is 0 Å². The van der Waals surface area contributed by atoms with Gasteiger partial charge in [-0.2, -0.15) is 0 Å². The van der Waals surface area contributed by atoms with Crippen LogP contribution in [0.25, 0.3) is 22.4 Å². The molecule has 0 radical (unpaired) electrons. The van der Waals surface area contributed by atoms with Crippen LogP contribution in [-0.4, -0.2) is 12.6 Å². The van der Waals surface area contributed by atoms with Crippen molar-refractivity contribution in [3.8, 4) is 22.6 Å². The Kier molecular flexibility index (Phi) is 10.8. The van der Waals surface area contributed by atoms with E-state index in [-0.39, 0.29) is 5.78 Å². The first-order valence-electron chi connectivity index (χ1n) is 15.3. The zero-order valence-corrected chi connectivity index (χ0v) is 27.2. The molecule has 228 valence electrons. The largest absolute Gasteiger partial charge is 0.454 e.